The van der Waals surface area contributed by atoms with Crippen molar-refractivity contribution >= 4 is 23.5 Å². The van der Waals surface area contributed by atoms with Crippen LogP contribution in [0, 0.1) is 25.2 Å². The molecule has 0 spiro atoms. The van der Waals surface area contributed by atoms with E-state index in [0.717, 1.165) is 48.1 Å². The van der Waals surface area contributed by atoms with Crippen LogP contribution in [0.5, 0.6) is 0 Å². The normalized spacial score (nSPS) is 16.5. The highest BCUT2D eigenvalue weighted by molar-refractivity contribution is 7.99. The van der Waals surface area contributed by atoms with Crippen molar-refractivity contribution in [3.05, 3.63) is 40.7 Å². The minimum atomic E-state index is -4.45. The standard InChI is InChI=1S/C20H21F3N4O2S/c1-12-13(2)27(10-15-4-3-7-29-15)19(16(12)8-24)26-17(28)11-30-18-6-5-14(9-25-18)20(21,22)23/h5-6,9,15H,3-4,7,10-11H2,1-2H3,(H,26,28). The molecule has 2 aromatic rings. The zero-order chi connectivity index (χ0) is 21.9. The van der Waals surface area contributed by atoms with Crippen molar-refractivity contribution in [2.24, 2.45) is 0 Å². The van der Waals surface area contributed by atoms with Crippen molar-refractivity contribution in [1.29, 1.82) is 5.26 Å². The Balaban J connectivity index is 1.69. The minimum absolute atomic E-state index is 0.0309. The topological polar surface area (TPSA) is 79.9 Å². The lowest BCUT2D eigenvalue weighted by Crippen LogP contribution is -2.22. The van der Waals surface area contributed by atoms with Crippen molar-refractivity contribution < 1.29 is 22.7 Å². The summed E-state index contributed by atoms with van der Waals surface area (Å²) in [5.41, 5.74) is 1.24. The van der Waals surface area contributed by atoms with E-state index in [9.17, 15) is 23.2 Å². The van der Waals surface area contributed by atoms with E-state index >= 15 is 0 Å². The van der Waals surface area contributed by atoms with Gasteiger partial charge >= 0.3 is 6.18 Å². The van der Waals surface area contributed by atoms with Crippen LogP contribution in [0.1, 0.15) is 35.2 Å². The average Bonchev–Trinajstić information content (AvgIpc) is 3.29. The molecule has 0 saturated carbocycles. The molecule has 0 bridgehead atoms. The zero-order valence-electron chi connectivity index (χ0n) is 16.5. The van der Waals surface area contributed by atoms with Crippen LogP contribution in [-0.4, -0.2) is 33.9 Å². The molecule has 3 heterocycles. The van der Waals surface area contributed by atoms with Gasteiger partial charge in [0, 0.05) is 18.5 Å². The van der Waals surface area contributed by atoms with Crippen molar-refractivity contribution in [3.63, 3.8) is 0 Å². The Morgan fingerprint density at radius 1 is 1.43 bits per heavy atom. The molecule has 1 unspecified atom stereocenters. The predicted molar refractivity (Wildman–Crippen MR) is 106 cm³/mol. The molecule has 1 aliphatic rings. The maximum Gasteiger partial charge on any atom is 0.417 e. The molecule has 30 heavy (non-hydrogen) atoms. The Kier molecular flexibility index (Phi) is 6.73. The number of nitrogens with zero attached hydrogens (tertiary/aromatic N) is 3. The number of amides is 1. The number of thioether (sulfide) groups is 1. The van der Waals surface area contributed by atoms with Crippen LogP contribution in [0.25, 0.3) is 0 Å². The summed E-state index contributed by atoms with van der Waals surface area (Å²) >= 11 is 1.02. The number of hydrogen-bond acceptors (Lipinski definition) is 5. The minimum Gasteiger partial charge on any atom is -0.376 e. The Morgan fingerprint density at radius 3 is 2.77 bits per heavy atom. The number of nitriles is 1. The third kappa shape index (κ3) is 4.96. The summed E-state index contributed by atoms with van der Waals surface area (Å²) in [5, 5.41) is 12.7. The second kappa shape index (κ2) is 9.10. The van der Waals surface area contributed by atoms with Gasteiger partial charge in [-0.25, -0.2) is 4.98 Å². The van der Waals surface area contributed by atoms with Crippen LogP contribution in [0.3, 0.4) is 0 Å². The number of aromatic nitrogens is 2. The molecule has 2 aromatic heterocycles. The maximum atomic E-state index is 12.6. The molecule has 3 rings (SSSR count). The molecule has 1 aliphatic heterocycles. The molecule has 160 valence electrons. The quantitative estimate of drug-likeness (QED) is 0.681. The highest BCUT2D eigenvalue weighted by atomic mass is 32.2. The first-order chi connectivity index (χ1) is 14.2. The number of rotatable bonds is 6. The van der Waals surface area contributed by atoms with Crippen molar-refractivity contribution in [3.8, 4) is 6.07 Å². The zero-order valence-corrected chi connectivity index (χ0v) is 17.4. The van der Waals surface area contributed by atoms with Gasteiger partial charge in [-0.15, -0.1) is 0 Å². The van der Waals surface area contributed by atoms with Crippen molar-refractivity contribution in [1.82, 2.24) is 9.55 Å². The molecule has 0 radical (unpaired) electrons. The van der Waals surface area contributed by atoms with E-state index in [2.05, 4.69) is 16.4 Å². The number of halogens is 3. The van der Waals surface area contributed by atoms with Crippen LogP contribution in [0.15, 0.2) is 23.4 Å². The summed E-state index contributed by atoms with van der Waals surface area (Å²) in [6.45, 7) is 4.96. The van der Waals surface area contributed by atoms with Crippen LogP contribution >= 0.6 is 11.8 Å². The van der Waals surface area contributed by atoms with E-state index in [1.807, 2.05) is 18.4 Å². The van der Waals surface area contributed by atoms with Gasteiger partial charge in [-0.2, -0.15) is 18.4 Å². The number of nitrogens with one attached hydrogen (secondary N) is 1. The van der Waals surface area contributed by atoms with Gasteiger partial charge in [0.15, 0.2) is 0 Å². The predicted octanol–water partition coefficient (Wildman–Crippen LogP) is 4.30. The van der Waals surface area contributed by atoms with E-state index in [4.69, 9.17) is 4.74 Å². The van der Waals surface area contributed by atoms with Crippen molar-refractivity contribution in [2.45, 2.75) is 50.5 Å². The fourth-order valence-corrected chi connectivity index (χ4v) is 3.93. The first kappa shape index (κ1) is 22.2. The van der Waals surface area contributed by atoms with Gasteiger partial charge in [-0.1, -0.05) is 11.8 Å². The molecule has 6 nitrogen and oxygen atoms in total. The molecule has 0 aliphatic carbocycles. The highest BCUT2D eigenvalue weighted by Crippen LogP contribution is 2.30. The van der Waals surface area contributed by atoms with Gasteiger partial charge in [0.25, 0.3) is 0 Å². The molecular weight excluding hydrogens is 417 g/mol. The van der Waals surface area contributed by atoms with E-state index in [1.54, 1.807) is 0 Å². The third-order valence-electron chi connectivity index (χ3n) is 5.02. The summed E-state index contributed by atoms with van der Waals surface area (Å²) in [6.07, 6.45) is -1.78. The summed E-state index contributed by atoms with van der Waals surface area (Å²) in [6, 6.07) is 4.31. The summed E-state index contributed by atoms with van der Waals surface area (Å²) in [5.74, 6) is 0.00478. The molecular formula is C20H21F3N4O2S. The Labute approximate surface area is 176 Å². The first-order valence-electron chi connectivity index (χ1n) is 9.38. The first-order valence-corrected chi connectivity index (χ1v) is 10.4. The average molecular weight is 438 g/mol. The van der Waals surface area contributed by atoms with Gasteiger partial charge in [0.2, 0.25) is 5.91 Å². The molecule has 1 N–H and O–H groups in total. The van der Waals surface area contributed by atoms with E-state index in [1.165, 1.54) is 6.07 Å². The molecule has 1 atom stereocenters. The SMILES string of the molecule is Cc1c(C#N)c(NC(=O)CSc2ccc(C(F)(F)F)cn2)n(CC2CCCO2)c1C. The Morgan fingerprint density at radius 2 is 2.20 bits per heavy atom. The Bertz CT molecular complexity index is 958. The second-order valence-electron chi connectivity index (χ2n) is 7.01. The van der Waals surface area contributed by atoms with Crippen LogP contribution < -0.4 is 5.32 Å². The summed E-state index contributed by atoms with van der Waals surface area (Å²) < 4.78 is 45.4. The maximum absolute atomic E-state index is 12.6. The summed E-state index contributed by atoms with van der Waals surface area (Å²) in [7, 11) is 0. The van der Waals surface area contributed by atoms with E-state index < -0.39 is 11.7 Å². The van der Waals surface area contributed by atoms with Gasteiger partial charge in [-0.05, 0) is 44.4 Å². The third-order valence-corrected chi connectivity index (χ3v) is 5.97. The van der Waals surface area contributed by atoms with Gasteiger partial charge in [-0.3, -0.25) is 4.79 Å². The number of hydrogen-bond donors (Lipinski definition) is 1. The van der Waals surface area contributed by atoms with E-state index in [0.29, 0.717) is 29.6 Å². The molecule has 1 amide bonds. The van der Waals surface area contributed by atoms with Gasteiger partial charge in [0.1, 0.15) is 11.9 Å². The molecule has 1 saturated heterocycles. The largest absolute Gasteiger partial charge is 0.417 e. The van der Waals surface area contributed by atoms with Gasteiger partial charge < -0.3 is 14.6 Å². The monoisotopic (exact) mass is 438 g/mol. The number of ether oxygens (including phenoxy) is 1. The van der Waals surface area contributed by atoms with Crippen LogP contribution in [-0.2, 0) is 22.3 Å². The lowest BCUT2D eigenvalue weighted by atomic mass is 10.2. The molecule has 1 fully saturated rings. The van der Waals surface area contributed by atoms with Crippen molar-refractivity contribution in [2.75, 3.05) is 17.7 Å². The molecule has 0 aromatic carbocycles. The number of pyridine rings is 1. The fraction of sp³-hybridized carbons (Fsp3) is 0.450. The summed E-state index contributed by atoms with van der Waals surface area (Å²) in [4.78, 5) is 16.2. The number of alkyl halides is 3. The van der Waals surface area contributed by atoms with E-state index in [-0.39, 0.29) is 17.8 Å². The second-order valence-corrected chi connectivity index (χ2v) is 8.01. The molecule has 10 heteroatoms. The lowest BCUT2D eigenvalue weighted by Gasteiger charge is -2.16. The number of carbonyl (C=O) groups is 1. The number of anilines is 1. The fourth-order valence-electron chi connectivity index (χ4n) is 3.29. The van der Waals surface area contributed by atoms with Crippen LogP contribution in [0.2, 0.25) is 0 Å². The smallest absolute Gasteiger partial charge is 0.376 e. The Hall–Kier alpha value is -2.51. The van der Waals surface area contributed by atoms with Crippen LogP contribution in [0.4, 0.5) is 19.0 Å². The van der Waals surface area contributed by atoms with Gasteiger partial charge in [0.05, 0.1) is 34.6 Å². The lowest BCUT2D eigenvalue weighted by molar-refractivity contribution is -0.137. The highest BCUT2D eigenvalue weighted by Gasteiger charge is 2.30. The number of carbonyl (C=O) groups excluding carboxylic acids is 1.